The zero-order valence-corrected chi connectivity index (χ0v) is 20.5. The summed E-state index contributed by atoms with van der Waals surface area (Å²) in [5.74, 6) is -0.657. The molecule has 0 saturated heterocycles. The minimum Gasteiger partial charge on any atom is -0.349 e. The molecule has 0 atom stereocenters. The van der Waals surface area contributed by atoms with Crippen LogP contribution in [0, 0.1) is 13.8 Å². The number of aromatic nitrogens is 1. The Hall–Kier alpha value is -2.40. The molecule has 3 aromatic rings. The smallest absolute Gasteiger partial charge is 0.269 e. The maximum absolute atomic E-state index is 13.7. The number of amides is 1. The second-order valence-corrected chi connectivity index (χ2v) is 12.6. The van der Waals surface area contributed by atoms with Gasteiger partial charge in [-0.15, -0.1) is 0 Å². The van der Waals surface area contributed by atoms with E-state index in [1.165, 1.54) is 6.07 Å². The van der Waals surface area contributed by atoms with Crippen molar-refractivity contribution in [1.29, 1.82) is 0 Å². The molecular formula is C22H24ClN3O5S2. The molecule has 1 aromatic heterocycles. The van der Waals surface area contributed by atoms with Crippen LogP contribution in [0.1, 0.15) is 34.5 Å². The zero-order valence-electron chi connectivity index (χ0n) is 18.1. The molecule has 0 bridgehead atoms. The van der Waals surface area contributed by atoms with Crippen LogP contribution in [0.4, 0.5) is 0 Å². The van der Waals surface area contributed by atoms with Crippen molar-refractivity contribution in [3.8, 4) is 0 Å². The highest BCUT2D eigenvalue weighted by Crippen LogP contribution is 2.34. The lowest BCUT2D eigenvalue weighted by Gasteiger charge is -2.10. The summed E-state index contributed by atoms with van der Waals surface area (Å²) in [7, 11) is -7.45. The fraction of sp³-hybridized carbons (Fsp3) is 0.318. The Kier molecular flexibility index (Phi) is 6.30. The number of benzene rings is 2. The molecule has 2 aromatic carbocycles. The first-order valence-corrected chi connectivity index (χ1v) is 13.8. The van der Waals surface area contributed by atoms with E-state index in [0.717, 1.165) is 11.1 Å². The van der Waals surface area contributed by atoms with Crippen molar-refractivity contribution in [2.24, 2.45) is 0 Å². The lowest BCUT2D eigenvalue weighted by Crippen LogP contribution is -2.36. The quantitative estimate of drug-likeness (QED) is 0.402. The Morgan fingerprint density at radius 1 is 1.03 bits per heavy atom. The number of sulfonamides is 1. The van der Waals surface area contributed by atoms with Crippen LogP contribution in [-0.4, -0.2) is 46.1 Å². The standard InChI is InChI=1S/C22H24ClN3O5S2/c1-13-9-14(2)11-17(10-13)32(28,29)21-18-12-15(23)3-6-19(18)26-20(21)22(27)24-7-8-25-33(30,31)16-4-5-16/h3,6,9-12,16,25-26H,4-5,7-8H2,1-2H3,(H,24,27). The Balaban J connectivity index is 1.68. The number of aryl methyl sites for hydroxylation is 2. The fourth-order valence-corrected chi connectivity index (χ4v) is 7.08. The van der Waals surface area contributed by atoms with Gasteiger partial charge in [0.25, 0.3) is 5.91 Å². The average Bonchev–Trinajstić information content (AvgIpc) is 3.52. The number of halogens is 1. The van der Waals surface area contributed by atoms with E-state index in [1.807, 2.05) is 6.07 Å². The van der Waals surface area contributed by atoms with Gasteiger partial charge in [0.05, 0.1) is 10.1 Å². The Morgan fingerprint density at radius 2 is 1.70 bits per heavy atom. The number of sulfone groups is 1. The predicted molar refractivity (Wildman–Crippen MR) is 127 cm³/mol. The molecule has 4 rings (SSSR count). The molecule has 176 valence electrons. The van der Waals surface area contributed by atoms with Crippen LogP contribution < -0.4 is 10.0 Å². The number of aromatic amines is 1. The summed E-state index contributed by atoms with van der Waals surface area (Å²) in [6.45, 7) is 3.61. The number of H-pyrrole nitrogens is 1. The van der Waals surface area contributed by atoms with Gasteiger partial charge in [0.15, 0.2) is 0 Å². The summed E-state index contributed by atoms with van der Waals surface area (Å²) >= 11 is 6.13. The minimum absolute atomic E-state index is 0.00391. The topological polar surface area (TPSA) is 125 Å². The van der Waals surface area contributed by atoms with Gasteiger partial charge in [-0.3, -0.25) is 4.79 Å². The van der Waals surface area contributed by atoms with Gasteiger partial charge >= 0.3 is 0 Å². The first-order chi connectivity index (χ1) is 15.5. The molecule has 3 N–H and O–H groups in total. The SMILES string of the molecule is Cc1cc(C)cc(S(=O)(=O)c2c(C(=O)NCCNS(=O)(=O)C3CC3)[nH]c3ccc(Cl)cc23)c1. The average molecular weight is 510 g/mol. The van der Waals surface area contributed by atoms with Crippen molar-refractivity contribution >= 4 is 48.3 Å². The maximum Gasteiger partial charge on any atom is 0.269 e. The second-order valence-electron chi connectivity index (χ2n) is 8.24. The number of hydrogen-bond acceptors (Lipinski definition) is 5. The van der Waals surface area contributed by atoms with Crippen molar-refractivity contribution in [2.45, 2.75) is 41.7 Å². The van der Waals surface area contributed by atoms with E-state index < -0.39 is 25.8 Å². The number of carbonyl (C=O) groups excluding carboxylic acids is 1. The molecule has 1 aliphatic rings. The van der Waals surface area contributed by atoms with Gasteiger partial charge in [-0.05, 0) is 68.1 Å². The van der Waals surface area contributed by atoms with Crippen LogP contribution in [0.5, 0.6) is 0 Å². The summed E-state index contributed by atoms with van der Waals surface area (Å²) in [6, 6.07) is 9.69. The first-order valence-electron chi connectivity index (χ1n) is 10.4. The van der Waals surface area contributed by atoms with Gasteiger partial charge in [-0.1, -0.05) is 17.7 Å². The van der Waals surface area contributed by atoms with E-state index in [4.69, 9.17) is 11.6 Å². The van der Waals surface area contributed by atoms with Crippen LogP contribution in [-0.2, 0) is 19.9 Å². The number of hydrogen-bond donors (Lipinski definition) is 3. The predicted octanol–water partition coefficient (Wildman–Crippen LogP) is 3.08. The monoisotopic (exact) mass is 509 g/mol. The van der Waals surface area contributed by atoms with Crippen LogP contribution in [0.3, 0.4) is 0 Å². The van der Waals surface area contributed by atoms with Crippen molar-refractivity contribution in [2.75, 3.05) is 13.1 Å². The number of nitrogens with one attached hydrogen (secondary N) is 3. The lowest BCUT2D eigenvalue weighted by molar-refractivity contribution is 0.0947. The van der Waals surface area contributed by atoms with Crippen LogP contribution >= 0.6 is 11.6 Å². The van der Waals surface area contributed by atoms with E-state index in [9.17, 15) is 21.6 Å². The molecule has 1 saturated carbocycles. The maximum atomic E-state index is 13.7. The first kappa shape index (κ1) is 23.7. The molecule has 8 nitrogen and oxygen atoms in total. The Bertz CT molecular complexity index is 1440. The summed E-state index contributed by atoms with van der Waals surface area (Å²) in [5.41, 5.74) is 1.87. The normalized spacial score (nSPS) is 14.5. The largest absolute Gasteiger partial charge is 0.349 e. The molecule has 1 fully saturated rings. The highest BCUT2D eigenvalue weighted by molar-refractivity contribution is 7.92. The second kappa shape index (κ2) is 8.75. The summed E-state index contributed by atoms with van der Waals surface area (Å²) in [5, 5.41) is 2.88. The van der Waals surface area contributed by atoms with Crippen molar-refractivity contribution in [1.82, 2.24) is 15.0 Å². The highest BCUT2D eigenvalue weighted by atomic mass is 35.5. The van der Waals surface area contributed by atoms with Gasteiger partial charge in [-0.2, -0.15) is 0 Å². The number of carbonyl (C=O) groups is 1. The molecule has 0 aliphatic heterocycles. The van der Waals surface area contributed by atoms with Gasteiger partial charge in [-0.25, -0.2) is 21.6 Å². The number of fused-ring (bicyclic) bond motifs is 1. The molecule has 1 heterocycles. The van der Waals surface area contributed by atoms with E-state index in [1.54, 1.807) is 38.1 Å². The van der Waals surface area contributed by atoms with Crippen molar-refractivity contribution in [3.05, 3.63) is 58.2 Å². The fourth-order valence-electron chi connectivity index (χ4n) is 3.74. The molecular weight excluding hydrogens is 486 g/mol. The summed E-state index contributed by atoms with van der Waals surface area (Å²) in [6.07, 6.45) is 1.28. The Labute approximate surface area is 197 Å². The van der Waals surface area contributed by atoms with Gasteiger partial charge < -0.3 is 10.3 Å². The van der Waals surface area contributed by atoms with Gasteiger partial charge in [0.1, 0.15) is 10.6 Å². The van der Waals surface area contributed by atoms with Crippen LogP contribution in [0.2, 0.25) is 5.02 Å². The lowest BCUT2D eigenvalue weighted by atomic mass is 10.2. The van der Waals surface area contributed by atoms with E-state index in [0.29, 0.717) is 28.8 Å². The van der Waals surface area contributed by atoms with E-state index in [-0.39, 0.29) is 33.8 Å². The zero-order chi connectivity index (χ0) is 24.0. The third kappa shape index (κ3) is 4.93. The third-order valence-corrected chi connectivity index (χ3v) is 9.40. The van der Waals surface area contributed by atoms with Crippen molar-refractivity contribution < 1.29 is 21.6 Å². The van der Waals surface area contributed by atoms with E-state index in [2.05, 4.69) is 15.0 Å². The molecule has 1 aliphatic carbocycles. The van der Waals surface area contributed by atoms with Gasteiger partial charge in [0, 0.05) is 29.0 Å². The molecule has 0 radical (unpaired) electrons. The molecule has 33 heavy (non-hydrogen) atoms. The minimum atomic E-state index is -4.08. The van der Waals surface area contributed by atoms with Crippen LogP contribution in [0.25, 0.3) is 10.9 Å². The van der Waals surface area contributed by atoms with E-state index >= 15 is 0 Å². The molecule has 1 amide bonds. The number of rotatable bonds is 8. The van der Waals surface area contributed by atoms with Crippen LogP contribution in [0.15, 0.2) is 46.2 Å². The molecule has 0 spiro atoms. The molecule has 11 heteroatoms. The molecule has 0 unspecified atom stereocenters. The highest BCUT2D eigenvalue weighted by Gasteiger charge is 2.35. The third-order valence-electron chi connectivity index (χ3n) is 5.39. The van der Waals surface area contributed by atoms with Crippen molar-refractivity contribution in [3.63, 3.8) is 0 Å². The summed E-state index contributed by atoms with van der Waals surface area (Å²) in [4.78, 5) is 15.8. The van der Waals surface area contributed by atoms with Gasteiger partial charge in [0.2, 0.25) is 19.9 Å². The summed E-state index contributed by atoms with van der Waals surface area (Å²) < 4.78 is 53.6. The Morgan fingerprint density at radius 3 is 2.33 bits per heavy atom.